The van der Waals surface area contributed by atoms with E-state index in [0.717, 1.165) is 5.56 Å². The molecule has 1 atom stereocenters. The summed E-state index contributed by atoms with van der Waals surface area (Å²) in [6.07, 6.45) is -0.856. The normalized spacial score (nSPS) is 15.8. The van der Waals surface area contributed by atoms with E-state index < -0.39 is 11.0 Å². The fourth-order valence-electron chi connectivity index (χ4n) is 3.26. The first-order valence-corrected chi connectivity index (χ1v) is 7.85. The Morgan fingerprint density at radius 3 is 2.58 bits per heavy atom. The molecule has 8 nitrogen and oxygen atoms in total. The molecule has 134 valence electrons. The van der Waals surface area contributed by atoms with Crippen molar-refractivity contribution in [2.45, 2.75) is 12.6 Å². The molecule has 0 radical (unpaired) electrons. The van der Waals surface area contributed by atoms with Crippen molar-refractivity contribution < 1.29 is 19.5 Å². The number of anilines is 1. The Morgan fingerprint density at radius 1 is 1.27 bits per heavy atom. The van der Waals surface area contributed by atoms with Gasteiger partial charge in [-0.25, -0.2) is 0 Å². The highest BCUT2D eigenvalue weighted by atomic mass is 16.6. The van der Waals surface area contributed by atoms with Crippen molar-refractivity contribution in [3.05, 3.63) is 57.1 Å². The van der Waals surface area contributed by atoms with Crippen LogP contribution in [0.4, 0.5) is 11.4 Å². The molecule has 26 heavy (non-hydrogen) atoms. The quantitative estimate of drug-likeness (QED) is 0.663. The molecule has 0 fully saturated rings. The number of nitro benzene ring substituents is 1. The lowest BCUT2D eigenvalue weighted by molar-refractivity contribution is -0.384. The second-order valence-electron chi connectivity index (χ2n) is 5.83. The highest BCUT2D eigenvalue weighted by Gasteiger charge is 2.31. The first-order valence-electron chi connectivity index (χ1n) is 7.85. The molecule has 8 heteroatoms. The van der Waals surface area contributed by atoms with Crippen LogP contribution in [0.3, 0.4) is 0 Å². The van der Waals surface area contributed by atoms with Crippen molar-refractivity contribution in [2.24, 2.45) is 0 Å². The zero-order chi connectivity index (χ0) is 18.8. The number of aliphatic hydroxyl groups excluding tert-OH is 1. The van der Waals surface area contributed by atoms with E-state index in [0.29, 0.717) is 29.3 Å². The third-order valence-corrected chi connectivity index (χ3v) is 4.44. The number of nitriles is 1. The number of benzene rings is 2. The van der Waals surface area contributed by atoms with Gasteiger partial charge in [-0.2, -0.15) is 5.26 Å². The smallest absolute Gasteiger partial charge is 0.270 e. The highest BCUT2D eigenvalue weighted by molar-refractivity contribution is 5.65. The molecule has 0 aromatic heterocycles. The van der Waals surface area contributed by atoms with Gasteiger partial charge in [0.15, 0.2) is 0 Å². The molecule has 1 heterocycles. The molecule has 0 spiro atoms. The minimum absolute atomic E-state index is 0.150. The number of aliphatic hydroxyl groups is 1. The van der Waals surface area contributed by atoms with Crippen LogP contribution in [0.2, 0.25) is 0 Å². The Hall–Kier alpha value is -3.31. The predicted molar refractivity (Wildman–Crippen MR) is 93.4 cm³/mol. The first kappa shape index (κ1) is 17.5. The summed E-state index contributed by atoms with van der Waals surface area (Å²) >= 11 is 0. The van der Waals surface area contributed by atoms with Crippen LogP contribution in [0.1, 0.15) is 22.8 Å². The molecule has 3 rings (SSSR count). The summed E-state index contributed by atoms with van der Waals surface area (Å²) in [6, 6.07) is 9.61. The minimum Gasteiger partial charge on any atom is -0.496 e. The van der Waals surface area contributed by atoms with Gasteiger partial charge in [-0.3, -0.25) is 10.1 Å². The molecule has 2 aromatic rings. The average Bonchev–Trinajstić information content (AvgIpc) is 2.66. The summed E-state index contributed by atoms with van der Waals surface area (Å²) in [7, 11) is 3.07. The monoisotopic (exact) mass is 355 g/mol. The molecule has 1 aliphatic rings. The fraction of sp³-hybridized carbons (Fsp3) is 0.278. The van der Waals surface area contributed by atoms with Gasteiger partial charge < -0.3 is 19.5 Å². The maximum absolute atomic E-state index is 10.9. The Balaban J connectivity index is 2.07. The van der Waals surface area contributed by atoms with Crippen molar-refractivity contribution in [1.82, 2.24) is 0 Å². The summed E-state index contributed by atoms with van der Waals surface area (Å²) in [5.41, 5.74) is 1.96. The van der Waals surface area contributed by atoms with Gasteiger partial charge in [0.25, 0.3) is 5.69 Å². The Labute approximate surface area is 149 Å². The van der Waals surface area contributed by atoms with E-state index in [-0.39, 0.29) is 17.8 Å². The van der Waals surface area contributed by atoms with Gasteiger partial charge in [0.05, 0.1) is 30.4 Å². The molecule has 1 unspecified atom stereocenters. The molecule has 2 aromatic carbocycles. The standard InChI is InChI=1S/C18H17N3O5/c1-25-16-5-6-17(26-2)18-13(16)9-20(10-15(18)22)14-4-3-12(21(23)24)7-11(14)8-19/h3-7,15,22H,9-10H2,1-2H3. The lowest BCUT2D eigenvalue weighted by Crippen LogP contribution is -2.34. The maximum Gasteiger partial charge on any atom is 0.270 e. The third kappa shape index (κ3) is 2.89. The first-order chi connectivity index (χ1) is 12.5. The van der Waals surface area contributed by atoms with E-state index >= 15 is 0 Å². The third-order valence-electron chi connectivity index (χ3n) is 4.44. The number of β-amino-alcohol motifs (C(OH)–C–C–N with tert-alkyl or cyclic N) is 1. The molecule has 0 bridgehead atoms. The summed E-state index contributed by atoms with van der Waals surface area (Å²) in [5.74, 6) is 1.17. The molecule has 0 saturated heterocycles. The van der Waals surface area contributed by atoms with Gasteiger partial charge in [0, 0.05) is 36.3 Å². The van der Waals surface area contributed by atoms with Gasteiger partial charge in [-0.15, -0.1) is 0 Å². The summed E-state index contributed by atoms with van der Waals surface area (Å²) < 4.78 is 10.8. The topological polar surface area (TPSA) is 109 Å². The summed E-state index contributed by atoms with van der Waals surface area (Å²) in [6.45, 7) is 0.599. The maximum atomic E-state index is 10.9. The molecule has 1 aliphatic heterocycles. The van der Waals surface area contributed by atoms with Crippen LogP contribution in [-0.2, 0) is 6.54 Å². The number of hydrogen-bond donors (Lipinski definition) is 1. The largest absolute Gasteiger partial charge is 0.496 e. The van der Waals surface area contributed by atoms with Crippen LogP contribution < -0.4 is 14.4 Å². The van der Waals surface area contributed by atoms with E-state index in [1.807, 2.05) is 6.07 Å². The van der Waals surface area contributed by atoms with Gasteiger partial charge in [0.2, 0.25) is 0 Å². The molecular formula is C18H17N3O5. The average molecular weight is 355 g/mol. The van der Waals surface area contributed by atoms with Crippen LogP contribution in [0.25, 0.3) is 0 Å². The zero-order valence-corrected chi connectivity index (χ0v) is 14.3. The van der Waals surface area contributed by atoms with Gasteiger partial charge in [-0.05, 0) is 18.2 Å². The predicted octanol–water partition coefficient (Wildman–Crippen LogP) is 2.54. The number of fused-ring (bicyclic) bond motifs is 1. The van der Waals surface area contributed by atoms with Crippen molar-refractivity contribution in [3.8, 4) is 17.6 Å². The number of hydrogen-bond acceptors (Lipinski definition) is 7. The van der Waals surface area contributed by atoms with Gasteiger partial charge in [0.1, 0.15) is 23.7 Å². The molecule has 0 aliphatic carbocycles. The zero-order valence-electron chi connectivity index (χ0n) is 14.3. The van der Waals surface area contributed by atoms with Crippen LogP contribution in [-0.4, -0.2) is 30.8 Å². The molecular weight excluding hydrogens is 338 g/mol. The van der Waals surface area contributed by atoms with Crippen molar-refractivity contribution in [1.29, 1.82) is 5.26 Å². The summed E-state index contributed by atoms with van der Waals surface area (Å²) in [4.78, 5) is 12.2. The number of nitrogens with zero attached hydrogens (tertiary/aromatic N) is 3. The minimum atomic E-state index is -0.856. The number of nitro groups is 1. The highest BCUT2D eigenvalue weighted by Crippen LogP contribution is 2.41. The van der Waals surface area contributed by atoms with Crippen LogP contribution in [0.5, 0.6) is 11.5 Å². The second-order valence-corrected chi connectivity index (χ2v) is 5.83. The molecule has 0 saturated carbocycles. The van der Waals surface area contributed by atoms with E-state index in [1.54, 1.807) is 24.1 Å². The number of non-ortho nitro benzene ring substituents is 1. The van der Waals surface area contributed by atoms with E-state index in [2.05, 4.69) is 0 Å². The van der Waals surface area contributed by atoms with Crippen LogP contribution in [0, 0.1) is 21.4 Å². The van der Waals surface area contributed by atoms with Crippen molar-refractivity contribution >= 4 is 11.4 Å². The van der Waals surface area contributed by atoms with Crippen molar-refractivity contribution in [3.63, 3.8) is 0 Å². The summed E-state index contributed by atoms with van der Waals surface area (Å²) in [5, 5.41) is 31.0. The molecule has 1 N–H and O–H groups in total. The SMILES string of the molecule is COc1ccc(OC)c2c1CN(c1ccc([N+](=O)[O-])cc1C#N)CC2O. The fourth-order valence-corrected chi connectivity index (χ4v) is 3.26. The van der Waals surface area contributed by atoms with E-state index in [9.17, 15) is 20.5 Å². The Bertz CT molecular complexity index is 906. The van der Waals surface area contributed by atoms with E-state index in [4.69, 9.17) is 9.47 Å². The van der Waals surface area contributed by atoms with Gasteiger partial charge in [-0.1, -0.05) is 0 Å². The number of rotatable bonds is 4. The molecule has 0 amide bonds. The van der Waals surface area contributed by atoms with E-state index in [1.165, 1.54) is 25.3 Å². The number of ether oxygens (including phenoxy) is 2. The van der Waals surface area contributed by atoms with Crippen molar-refractivity contribution in [2.75, 3.05) is 25.7 Å². The second kappa shape index (κ2) is 6.90. The lowest BCUT2D eigenvalue weighted by Gasteiger charge is -2.35. The Kier molecular flexibility index (Phi) is 4.65. The van der Waals surface area contributed by atoms with Gasteiger partial charge >= 0.3 is 0 Å². The Morgan fingerprint density at radius 2 is 1.96 bits per heavy atom. The van der Waals surface area contributed by atoms with Crippen LogP contribution >= 0.6 is 0 Å². The number of methoxy groups -OCH3 is 2. The van der Waals surface area contributed by atoms with Crippen LogP contribution in [0.15, 0.2) is 30.3 Å². The lowest BCUT2D eigenvalue weighted by atomic mass is 9.94.